The molecule has 0 spiro atoms. The van der Waals surface area contributed by atoms with E-state index < -0.39 is 0 Å². The molecule has 1 aliphatic rings. The number of benzene rings is 2. The number of piperidine rings is 1. The lowest BCUT2D eigenvalue weighted by Gasteiger charge is -2.40. The number of carbonyl (C=O) groups excluding carboxylic acids is 1. The van der Waals surface area contributed by atoms with E-state index in [4.69, 9.17) is 0 Å². The highest BCUT2D eigenvalue weighted by Crippen LogP contribution is 2.36. The van der Waals surface area contributed by atoms with Crippen LogP contribution in [-0.2, 0) is 6.42 Å². The van der Waals surface area contributed by atoms with Gasteiger partial charge in [-0.1, -0.05) is 61.9 Å². The van der Waals surface area contributed by atoms with Gasteiger partial charge >= 0.3 is 6.03 Å². The molecule has 2 aromatic carbocycles. The molecule has 3 heteroatoms. The number of hydrogen-bond donors (Lipinski definition) is 1. The van der Waals surface area contributed by atoms with E-state index in [1.807, 2.05) is 4.90 Å². The summed E-state index contributed by atoms with van der Waals surface area (Å²) < 4.78 is 0. The van der Waals surface area contributed by atoms with Crippen LogP contribution >= 0.6 is 0 Å². The molecule has 1 aliphatic heterocycles. The summed E-state index contributed by atoms with van der Waals surface area (Å²) in [5, 5.41) is 3.22. The molecule has 2 aromatic rings. The van der Waals surface area contributed by atoms with E-state index in [-0.39, 0.29) is 12.1 Å². The van der Waals surface area contributed by atoms with Crippen molar-refractivity contribution < 1.29 is 4.79 Å². The van der Waals surface area contributed by atoms with Gasteiger partial charge in [0, 0.05) is 12.2 Å². The van der Waals surface area contributed by atoms with Gasteiger partial charge < -0.3 is 10.2 Å². The molecule has 3 rings (SSSR count). The fourth-order valence-electron chi connectivity index (χ4n) is 4.07. The SMILES string of the molecule is CCc1cccc(C)c1NC(=O)N1CCC[C@H](C)[C@@H]1c1ccc(C)cc1. The highest BCUT2D eigenvalue weighted by atomic mass is 16.2. The minimum atomic E-state index is 0.0196. The molecule has 0 radical (unpaired) electrons. The second-order valence-electron chi connectivity index (χ2n) is 7.56. The first kappa shape index (κ1) is 18.5. The Morgan fingerprint density at radius 2 is 1.88 bits per heavy atom. The number of anilines is 1. The first-order valence-corrected chi connectivity index (χ1v) is 9.74. The zero-order valence-electron chi connectivity index (χ0n) is 16.4. The first-order chi connectivity index (χ1) is 12.5. The second-order valence-corrected chi connectivity index (χ2v) is 7.56. The molecule has 2 amide bonds. The Morgan fingerprint density at radius 1 is 1.15 bits per heavy atom. The summed E-state index contributed by atoms with van der Waals surface area (Å²) in [5.74, 6) is 0.458. The fraction of sp³-hybridized carbons (Fsp3) is 0.435. The molecule has 1 N–H and O–H groups in total. The lowest BCUT2D eigenvalue weighted by atomic mass is 9.86. The summed E-state index contributed by atoms with van der Waals surface area (Å²) in [7, 11) is 0. The zero-order valence-corrected chi connectivity index (χ0v) is 16.4. The Hall–Kier alpha value is -2.29. The van der Waals surface area contributed by atoms with Crippen molar-refractivity contribution in [2.45, 2.75) is 53.0 Å². The van der Waals surface area contributed by atoms with Gasteiger partial charge in [-0.25, -0.2) is 4.79 Å². The van der Waals surface area contributed by atoms with Crippen LogP contribution in [0.1, 0.15) is 55.0 Å². The van der Waals surface area contributed by atoms with E-state index in [1.54, 1.807) is 0 Å². The summed E-state index contributed by atoms with van der Waals surface area (Å²) in [5.41, 5.74) is 5.77. The number of para-hydroxylation sites is 1. The van der Waals surface area contributed by atoms with Crippen LogP contribution in [0.15, 0.2) is 42.5 Å². The van der Waals surface area contributed by atoms with Crippen molar-refractivity contribution in [2.24, 2.45) is 5.92 Å². The molecule has 2 atom stereocenters. The Bertz CT molecular complexity index is 766. The topological polar surface area (TPSA) is 32.3 Å². The van der Waals surface area contributed by atoms with Crippen LogP contribution in [0.3, 0.4) is 0 Å². The van der Waals surface area contributed by atoms with Crippen LogP contribution in [0, 0.1) is 19.8 Å². The quantitative estimate of drug-likeness (QED) is 0.737. The molecule has 1 saturated heterocycles. The molecular weight excluding hydrogens is 320 g/mol. The maximum atomic E-state index is 13.2. The van der Waals surface area contributed by atoms with Gasteiger partial charge in [-0.05, 0) is 55.7 Å². The number of amides is 2. The highest BCUT2D eigenvalue weighted by Gasteiger charge is 2.33. The monoisotopic (exact) mass is 350 g/mol. The van der Waals surface area contributed by atoms with Gasteiger partial charge in [0.25, 0.3) is 0 Å². The van der Waals surface area contributed by atoms with Gasteiger partial charge in [-0.15, -0.1) is 0 Å². The molecule has 138 valence electrons. The van der Waals surface area contributed by atoms with Gasteiger partial charge in [0.05, 0.1) is 6.04 Å². The molecule has 0 aromatic heterocycles. The molecule has 0 bridgehead atoms. The van der Waals surface area contributed by atoms with E-state index in [9.17, 15) is 4.79 Å². The number of urea groups is 1. The van der Waals surface area contributed by atoms with Crippen LogP contribution < -0.4 is 5.32 Å². The van der Waals surface area contributed by atoms with E-state index in [0.29, 0.717) is 5.92 Å². The smallest absolute Gasteiger partial charge is 0.317 e. The molecule has 0 saturated carbocycles. The summed E-state index contributed by atoms with van der Waals surface area (Å²) >= 11 is 0. The third kappa shape index (κ3) is 3.77. The van der Waals surface area contributed by atoms with Gasteiger partial charge in [0.15, 0.2) is 0 Å². The van der Waals surface area contributed by atoms with Gasteiger partial charge in [-0.3, -0.25) is 0 Å². The maximum absolute atomic E-state index is 13.2. The number of likely N-dealkylation sites (tertiary alicyclic amines) is 1. The third-order valence-corrected chi connectivity index (χ3v) is 5.58. The first-order valence-electron chi connectivity index (χ1n) is 9.74. The van der Waals surface area contributed by atoms with Crippen molar-refractivity contribution in [3.8, 4) is 0 Å². The maximum Gasteiger partial charge on any atom is 0.322 e. The van der Waals surface area contributed by atoms with E-state index in [0.717, 1.165) is 37.1 Å². The van der Waals surface area contributed by atoms with Crippen LogP contribution in [0.25, 0.3) is 0 Å². The lowest BCUT2D eigenvalue weighted by molar-refractivity contribution is 0.129. The zero-order chi connectivity index (χ0) is 18.7. The summed E-state index contributed by atoms with van der Waals surface area (Å²) in [6.45, 7) is 9.35. The number of nitrogens with one attached hydrogen (secondary N) is 1. The molecular formula is C23H30N2O. The third-order valence-electron chi connectivity index (χ3n) is 5.58. The van der Waals surface area contributed by atoms with Crippen molar-refractivity contribution in [3.63, 3.8) is 0 Å². The number of nitrogens with zero attached hydrogens (tertiary/aromatic N) is 1. The lowest BCUT2D eigenvalue weighted by Crippen LogP contribution is -2.44. The van der Waals surface area contributed by atoms with Crippen molar-refractivity contribution in [1.82, 2.24) is 4.90 Å². The number of rotatable bonds is 3. The van der Waals surface area contributed by atoms with Gasteiger partial charge in [0.2, 0.25) is 0 Å². The predicted molar refractivity (Wildman–Crippen MR) is 109 cm³/mol. The fourth-order valence-corrected chi connectivity index (χ4v) is 4.07. The van der Waals surface area contributed by atoms with Crippen LogP contribution in [-0.4, -0.2) is 17.5 Å². The average Bonchev–Trinajstić information content (AvgIpc) is 2.64. The van der Waals surface area contributed by atoms with Crippen molar-refractivity contribution in [1.29, 1.82) is 0 Å². The molecule has 0 unspecified atom stereocenters. The summed E-state index contributed by atoms with van der Waals surface area (Å²) in [4.78, 5) is 15.2. The van der Waals surface area contributed by atoms with Crippen molar-refractivity contribution in [2.75, 3.05) is 11.9 Å². The second kappa shape index (κ2) is 7.94. The van der Waals surface area contributed by atoms with Crippen LogP contribution in [0.5, 0.6) is 0 Å². The van der Waals surface area contributed by atoms with Crippen LogP contribution in [0.4, 0.5) is 10.5 Å². The van der Waals surface area contributed by atoms with Gasteiger partial charge in [-0.2, -0.15) is 0 Å². The number of hydrogen-bond acceptors (Lipinski definition) is 1. The molecule has 3 nitrogen and oxygen atoms in total. The van der Waals surface area contributed by atoms with E-state index in [1.165, 1.54) is 16.7 Å². The van der Waals surface area contributed by atoms with Crippen molar-refractivity contribution >= 4 is 11.7 Å². The Kier molecular flexibility index (Phi) is 5.65. The van der Waals surface area contributed by atoms with Crippen molar-refractivity contribution in [3.05, 3.63) is 64.7 Å². The summed E-state index contributed by atoms with van der Waals surface area (Å²) in [6, 6.07) is 15.0. The van der Waals surface area contributed by atoms with E-state index in [2.05, 4.69) is 75.5 Å². The normalized spacial score (nSPS) is 20.1. The molecule has 26 heavy (non-hydrogen) atoms. The largest absolute Gasteiger partial charge is 0.322 e. The minimum absolute atomic E-state index is 0.0196. The van der Waals surface area contributed by atoms with Crippen LogP contribution in [0.2, 0.25) is 0 Å². The average molecular weight is 351 g/mol. The van der Waals surface area contributed by atoms with E-state index >= 15 is 0 Å². The standard InChI is InChI=1S/C23H30N2O/c1-5-19-10-6-8-17(3)21(19)24-23(26)25-15-7-9-18(4)22(25)20-13-11-16(2)12-14-20/h6,8,10-14,18,22H,5,7,9,15H2,1-4H3,(H,24,26)/t18-,22+/m0/s1. The highest BCUT2D eigenvalue weighted by molar-refractivity contribution is 5.91. The predicted octanol–water partition coefficient (Wildman–Crippen LogP) is 5.87. The number of carbonyl (C=O) groups is 1. The van der Waals surface area contributed by atoms with Gasteiger partial charge in [0.1, 0.15) is 0 Å². The Labute approximate surface area is 157 Å². The summed E-state index contributed by atoms with van der Waals surface area (Å²) in [6.07, 6.45) is 3.13. The minimum Gasteiger partial charge on any atom is -0.317 e. The Balaban J connectivity index is 1.88. The Morgan fingerprint density at radius 3 is 2.58 bits per heavy atom. The molecule has 0 aliphatic carbocycles. The molecule has 1 fully saturated rings. The molecule has 1 heterocycles. The number of aryl methyl sites for hydroxylation is 3.